The first kappa shape index (κ1) is 17.4. The minimum Gasteiger partial charge on any atom is -0.294 e. The largest absolute Gasteiger partial charge is 0.294 e. The number of hydrogen-bond donors (Lipinski definition) is 0. The lowest BCUT2D eigenvalue weighted by Crippen LogP contribution is -2.42. The SMILES string of the molecule is CC(C)(C)c1cc(F)c(CN(CC2CC2)C(C)(C)C)c(F)c1. The summed E-state index contributed by atoms with van der Waals surface area (Å²) in [5.41, 5.74) is 0.557. The highest BCUT2D eigenvalue weighted by Crippen LogP contribution is 2.34. The van der Waals surface area contributed by atoms with Crippen LogP contribution in [0.4, 0.5) is 8.78 Å². The van der Waals surface area contributed by atoms with E-state index >= 15 is 0 Å². The van der Waals surface area contributed by atoms with E-state index in [1.165, 1.54) is 25.0 Å². The quantitative estimate of drug-likeness (QED) is 0.732. The zero-order valence-electron chi connectivity index (χ0n) is 14.8. The van der Waals surface area contributed by atoms with Gasteiger partial charge < -0.3 is 0 Å². The van der Waals surface area contributed by atoms with Crippen molar-refractivity contribution in [3.63, 3.8) is 0 Å². The van der Waals surface area contributed by atoms with Crippen molar-refractivity contribution in [3.05, 3.63) is 34.9 Å². The molecular formula is C19H29F2N. The third-order valence-corrected chi connectivity index (χ3v) is 4.48. The van der Waals surface area contributed by atoms with Crippen molar-refractivity contribution in [2.45, 2.75) is 71.9 Å². The predicted octanol–water partition coefficient (Wildman–Crippen LogP) is 5.27. The second-order valence-corrected chi connectivity index (χ2v) is 8.66. The Labute approximate surface area is 133 Å². The van der Waals surface area contributed by atoms with Crippen LogP contribution in [0, 0.1) is 17.6 Å². The summed E-state index contributed by atoms with van der Waals surface area (Å²) in [5.74, 6) is -0.149. The summed E-state index contributed by atoms with van der Waals surface area (Å²) in [7, 11) is 0. The third-order valence-electron chi connectivity index (χ3n) is 4.48. The molecule has 1 aromatic carbocycles. The number of nitrogens with zero attached hydrogens (tertiary/aromatic N) is 1. The number of halogens is 2. The van der Waals surface area contributed by atoms with E-state index in [1.54, 1.807) is 0 Å². The van der Waals surface area contributed by atoms with Crippen LogP contribution < -0.4 is 0 Å². The molecule has 0 bridgehead atoms. The molecule has 1 aromatic rings. The molecule has 0 aromatic heterocycles. The summed E-state index contributed by atoms with van der Waals surface area (Å²) in [6.07, 6.45) is 2.47. The molecule has 1 aliphatic carbocycles. The van der Waals surface area contributed by atoms with Gasteiger partial charge in [-0.3, -0.25) is 4.90 Å². The van der Waals surface area contributed by atoms with Gasteiger partial charge in [-0.15, -0.1) is 0 Å². The van der Waals surface area contributed by atoms with Gasteiger partial charge in [-0.1, -0.05) is 20.8 Å². The van der Waals surface area contributed by atoms with Crippen molar-refractivity contribution in [3.8, 4) is 0 Å². The van der Waals surface area contributed by atoms with E-state index < -0.39 is 11.6 Å². The lowest BCUT2D eigenvalue weighted by molar-refractivity contribution is 0.118. The molecule has 124 valence electrons. The molecule has 1 saturated carbocycles. The van der Waals surface area contributed by atoms with Crippen molar-refractivity contribution < 1.29 is 8.78 Å². The Kier molecular flexibility index (Phi) is 4.68. The maximum atomic E-state index is 14.5. The predicted molar refractivity (Wildman–Crippen MR) is 87.9 cm³/mol. The normalized spacial score (nSPS) is 16.4. The summed E-state index contributed by atoms with van der Waals surface area (Å²) < 4.78 is 29.0. The van der Waals surface area contributed by atoms with Gasteiger partial charge in [0.1, 0.15) is 11.6 Å². The van der Waals surface area contributed by atoms with Gasteiger partial charge in [0.25, 0.3) is 0 Å². The van der Waals surface area contributed by atoms with Crippen LogP contribution in [-0.2, 0) is 12.0 Å². The average molecular weight is 309 g/mol. The highest BCUT2D eigenvalue weighted by molar-refractivity contribution is 5.30. The maximum Gasteiger partial charge on any atom is 0.130 e. The number of benzene rings is 1. The minimum atomic E-state index is -0.421. The van der Waals surface area contributed by atoms with E-state index in [9.17, 15) is 8.78 Å². The van der Waals surface area contributed by atoms with Crippen LogP contribution >= 0.6 is 0 Å². The van der Waals surface area contributed by atoms with Crippen molar-refractivity contribution in [1.82, 2.24) is 4.90 Å². The fourth-order valence-electron chi connectivity index (χ4n) is 2.57. The molecule has 0 heterocycles. The summed E-state index contributed by atoms with van der Waals surface area (Å²) >= 11 is 0. The molecule has 0 aliphatic heterocycles. The van der Waals surface area contributed by atoms with E-state index in [4.69, 9.17) is 0 Å². The molecule has 22 heavy (non-hydrogen) atoms. The zero-order valence-corrected chi connectivity index (χ0v) is 14.8. The van der Waals surface area contributed by atoms with Gasteiger partial charge in [0.15, 0.2) is 0 Å². The molecule has 1 aliphatic rings. The van der Waals surface area contributed by atoms with Crippen molar-refractivity contribution in [1.29, 1.82) is 0 Å². The van der Waals surface area contributed by atoms with Crippen LogP contribution in [0.2, 0.25) is 0 Å². The lowest BCUT2D eigenvalue weighted by Gasteiger charge is -2.36. The molecule has 0 N–H and O–H groups in total. The van der Waals surface area contributed by atoms with Crippen LogP contribution in [0.3, 0.4) is 0 Å². The van der Waals surface area contributed by atoms with Crippen LogP contribution in [0.15, 0.2) is 12.1 Å². The van der Waals surface area contributed by atoms with Crippen molar-refractivity contribution in [2.24, 2.45) is 5.92 Å². The van der Waals surface area contributed by atoms with Crippen molar-refractivity contribution >= 4 is 0 Å². The van der Waals surface area contributed by atoms with E-state index in [2.05, 4.69) is 25.7 Å². The van der Waals surface area contributed by atoms with Crippen LogP contribution in [0.5, 0.6) is 0 Å². The molecule has 2 rings (SSSR count). The topological polar surface area (TPSA) is 3.24 Å². The first-order valence-electron chi connectivity index (χ1n) is 8.22. The average Bonchev–Trinajstić information content (AvgIpc) is 3.13. The monoisotopic (exact) mass is 309 g/mol. The Hall–Kier alpha value is -0.960. The van der Waals surface area contributed by atoms with E-state index in [1.807, 2.05) is 20.8 Å². The Balaban J connectivity index is 2.27. The van der Waals surface area contributed by atoms with Gasteiger partial charge >= 0.3 is 0 Å². The molecule has 1 nitrogen and oxygen atoms in total. The molecule has 3 heteroatoms. The van der Waals surface area contributed by atoms with E-state index in [0.717, 1.165) is 6.54 Å². The third kappa shape index (κ3) is 4.28. The first-order chi connectivity index (χ1) is 9.98. The lowest BCUT2D eigenvalue weighted by atomic mass is 9.86. The Morgan fingerprint density at radius 1 is 1.00 bits per heavy atom. The van der Waals surface area contributed by atoms with Crippen LogP contribution in [0.1, 0.15) is 65.5 Å². The van der Waals surface area contributed by atoms with Crippen LogP contribution in [0.25, 0.3) is 0 Å². The molecule has 1 fully saturated rings. The highest BCUT2D eigenvalue weighted by atomic mass is 19.1. The molecule has 0 radical (unpaired) electrons. The van der Waals surface area contributed by atoms with Gasteiger partial charge in [-0.25, -0.2) is 8.78 Å². The first-order valence-corrected chi connectivity index (χ1v) is 8.22. The standard InChI is InChI=1S/C19H29F2N/c1-18(2,3)14-9-16(20)15(17(21)10-14)12-22(19(4,5)6)11-13-7-8-13/h9-10,13H,7-8,11-12H2,1-6H3. The summed E-state index contributed by atoms with van der Waals surface area (Å²) in [6, 6.07) is 2.99. The van der Waals surface area contributed by atoms with Gasteiger partial charge in [-0.2, -0.15) is 0 Å². The fourth-order valence-corrected chi connectivity index (χ4v) is 2.57. The number of rotatable bonds is 4. The Morgan fingerprint density at radius 3 is 1.86 bits per heavy atom. The summed E-state index contributed by atoms with van der Waals surface area (Å²) in [4.78, 5) is 2.20. The Bertz CT molecular complexity index is 510. The van der Waals surface area contributed by atoms with Crippen LogP contribution in [-0.4, -0.2) is 17.0 Å². The second kappa shape index (κ2) is 5.92. The minimum absolute atomic E-state index is 0.0931. The summed E-state index contributed by atoms with van der Waals surface area (Å²) in [6.45, 7) is 13.5. The Morgan fingerprint density at radius 2 is 1.50 bits per heavy atom. The fraction of sp³-hybridized carbons (Fsp3) is 0.684. The molecule has 0 atom stereocenters. The van der Waals surface area contributed by atoms with E-state index in [-0.39, 0.29) is 16.5 Å². The maximum absolute atomic E-state index is 14.5. The van der Waals surface area contributed by atoms with E-state index in [0.29, 0.717) is 18.0 Å². The molecule has 0 spiro atoms. The second-order valence-electron chi connectivity index (χ2n) is 8.66. The zero-order chi connectivity index (χ0) is 16.7. The number of hydrogen-bond acceptors (Lipinski definition) is 1. The van der Waals surface area contributed by atoms with Gasteiger partial charge in [-0.05, 0) is 62.6 Å². The smallest absolute Gasteiger partial charge is 0.130 e. The van der Waals surface area contributed by atoms with Gasteiger partial charge in [0, 0.05) is 24.2 Å². The molecular weight excluding hydrogens is 280 g/mol. The van der Waals surface area contributed by atoms with Crippen molar-refractivity contribution in [2.75, 3.05) is 6.54 Å². The highest BCUT2D eigenvalue weighted by Gasteiger charge is 2.31. The van der Waals surface area contributed by atoms with Gasteiger partial charge in [0.2, 0.25) is 0 Å². The molecule has 0 amide bonds. The van der Waals surface area contributed by atoms with Gasteiger partial charge in [0.05, 0.1) is 0 Å². The molecule has 0 saturated heterocycles. The summed E-state index contributed by atoms with van der Waals surface area (Å²) in [5, 5.41) is 0. The molecule has 0 unspecified atom stereocenters.